The summed E-state index contributed by atoms with van der Waals surface area (Å²) in [6, 6.07) is 0. The van der Waals surface area contributed by atoms with Gasteiger partial charge in [-0.05, 0) is 13.0 Å². The third kappa shape index (κ3) is 5.48. The van der Waals surface area contributed by atoms with Gasteiger partial charge in [-0.1, -0.05) is 11.8 Å². The number of rotatable bonds is 5. The van der Waals surface area contributed by atoms with Crippen LogP contribution < -0.4 is 5.73 Å². The van der Waals surface area contributed by atoms with Gasteiger partial charge >= 0.3 is 0 Å². The van der Waals surface area contributed by atoms with Crippen molar-refractivity contribution in [1.82, 2.24) is 4.90 Å². The van der Waals surface area contributed by atoms with Gasteiger partial charge in [0.15, 0.2) is 0 Å². The van der Waals surface area contributed by atoms with E-state index in [2.05, 4.69) is 11.8 Å². The van der Waals surface area contributed by atoms with Crippen LogP contribution in [-0.2, 0) is 0 Å². The van der Waals surface area contributed by atoms with Gasteiger partial charge in [-0.3, -0.25) is 4.90 Å². The van der Waals surface area contributed by atoms with Gasteiger partial charge in [0.2, 0.25) is 0 Å². The predicted octanol–water partition coefficient (Wildman–Crippen LogP) is -0.0964. The maximum Gasteiger partial charge on any atom is 0.0607 e. The topological polar surface area (TPSA) is 29.3 Å². The molecule has 0 fully saturated rings. The number of hydrogen-bond acceptors (Lipinski definition) is 2. The molecule has 0 aliphatic rings. The first kappa shape index (κ1) is 10.0. The van der Waals surface area contributed by atoms with E-state index >= 15 is 0 Å². The predicted molar refractivity (Wildman–Crippen MR) is 47.8 cm³/mol. The van der Waals surface area contributed by atoms with Gasteiger partial charge in [-0.2, -0.15) is 0 Å². The molecule has 0 unspecified atom stereocenters. The molecule has 60 valence electrons. The Balaban J connectivity index is 3.54. The molecule has 2 heteroatoms. The van der Waals surface area contributed by atoms with Crippen LogP contribution in [0.1, 0.15) is 6.42 Å². The highest BCUT2D eigenvalue weighted by Gasteiger charge is 1.98. The maximum atomic E-state index is 5.34. The largest absolute Gasteiger partial charge is 0.330 e. The summed E-state index contributed by atoms with van der Waals surface area (Å²) in [5.74, 6) is 5.10. The van der Waals surface area contributed by atoms with Gasteiger partial charge in [0.1, 0.15) is 0 Å². The van der Waals surface area contributed by atoms with Crippen LogP contribution in [0.3, 0.4) is 0 Å². The van der Waals surface area contributed by atoms with E-state index in [1.165, 1.54) is 0 Å². The molecule has 0 saturated heterocycles. The molecular weight excluding hydrogens is 136 g/mol. The Morgan fingerprint density at radius 3 is 2.09 bits per heavy atom. The van der Waals surface area contributed by atoms with E-state index < -0.39 is 0 Å². The second-order valence-electron chi connectivity index (χ2n) is 2.26. The average molecular weight is 150 g/mol. The first-order chi connectivity index (χ1) is 5.35. The van der Waals surface area contributed by atoms with E-state index in [0.717, 1.165) is 13.0 Å². The van der Waals surface area contributed by atoms with E-state index in [-0.39, 0.29) is 0 Å². The standard InChI is InChI=1S/C9H14N2/c1-3-7-11(8-4-2)9-5-6-10/h1-2H,5-10H2. The second kappa shape index (κ2) is 7.15. The van der Waals surface area contributed by atoms with Gasteiger partial charge in [0.25, 0.3) is 0 Å². The molecule has 0 spiro atoms. The molecule has 0 bridgehead atoms. The summed E-state index contributed by atoms with van der Waals surface area (Å²) in [4.78, 5) is 2.02. The van der Waals surface area contributed by atoms with E-state index in [1.807, 2.05) is 4.90 Å². The number of nitrogens with zero attached hydrogens (tertiary/aromatic N) is 1. The van der Waals surface area contributed by atoms with Crippen molar-refractivity contribution < 1.29 is 0 Å². The molecule has 0 saturated carbocycles. The van der Waals surface area contributed by atoms with Crippen LogP contribution in [0.15, 0.2) is 0 Å². The summed E-state index contributed by atoms with van der Waals surface area (Å²) < 4.78 is 0. The molecule has 2 nitrogen and oxygen atoms in total. The molecule has 0 aromatic carbocycles. The summed E-state index contributed by atoms with van der Waals surface area (Å²) in [5.41, 5.74) is 5.34. The molecule has 0 aliphatic carbocycles. The van der Waals surface area contributed by atoms with E-state index in [0.29, 0.717) is 19.6 Å². The van der Waals surface area contributed by atoms with Crippen molar-refractivity contribution in [3.63, 3.8) is 0 Å². The lowest BCUT2D eigenvalue weighted by atomic mass is 10.3. The third-order valence-corrected chi connectivity index (χ3v) is 1.31. The molecule has 0 rings (SSSR count). The monoisotopic (exact) mass is 150 g/mol. The minimum Gasteiger partial charge on any atom is -0.330 e. The number of terminal acetylenes is 2. The molecule has 2 N–H and O–H groups in total. The Kier molecular flexibility index (Phi) is 6.53. The molecule has 0 aromatic heterocycles. The zero-order chi connectivity index (χ0) is 8.53. The fourth-order valence-corrected chi connectivity index (χ4v) is 0.787. The summed E-state index contributed by atoms with van der Waals surface area (Å²) in [6.07, 6.45) is 11.2. The summed E-state index contributed by atoms with van der Waals surface area (Å²) >= 11 is 0. The van der Waals surface area contributed by atoms with Crippen LogP contribution in [0.2, 0.25) is 0 Å². The van der Waals surface area contributed by atoms with Gasteiger partial charge in [0, 0.05) is 6.54 Å². The van der Waals surface area contributed by atoms with Crippen molar-refractivity contribution in [1.29, 1.82) is 0 Å². The lowest BCUT2D eigenvalue weighted by Gasteiger charge is -2.15. The van der Waals surface area contributed by atoms with Gasteiger partial charge < -0.3 is 5.73 Å². The number of nitrogens with two attached hydrogens (primary N) is 1. The van der Waals surface area contributed by atoms with Crippen molar-refractivity contribution >= 4 is 0 Å². The van der Waals surface area contributed by atoms with Crippen molar-refractivity contribution in [3.05, 3.63) is 0 Å². The lowest BCUT2D eigenvalue weighted by Crippen LogP contribution is -2.27. The quantitative estimate of drug-likeness (QED) is 0.555. The van der Waals surface area contributed by atoms with Crippen molar-refractivity contribution in [2.45, 2.75) is 6.42 Å². The Hall–Kier alpha value is -0.960. The van der Waals surface area contributed by atoms with Crippen LogP contribution in [0.5, 0.6) is 0 Å². The summed E-state index contributed by atoms with van der Waals surface area (Å²) in [5, 5.41) is 0. The van der Waals surface area contributed by atoms with Crippen LogP contribution in [0.4, 0.5) is 0 Å². The van der Waals surface area contributed by atoms with Crippen molar-refractivity contribution in [2.24, 2.45) is 5.73 Å². The highest BCUT2D eigenvalue weighted by molar-refractivity contribution is 4.94. The Bertz CT molecular complexity index is 145. The maximum absolute atomic E-state index is 5.34. The van der Waals surface area contributed by atoms with E-state index in [1.54, 1.807) is 0 Å². The zero-order valence-electron chi connectivity index (χ0n) is 6.71. The number of hydrogen-bond donors (Lipinski definition) is 1. The summed E-state index contributed by atoms with van der Waals surface area (Å²) in [6.45, 7) is 2.81. The normalized spacial score (nSPS) is 9.09. The summed E-state index contributed by atoms with van der Waals surface area (Å²) in [7, 11) is 0. The van der Waals surface area contributed by atoms with E-state index in [9.17, 15) is 0 Å². The smallest absolute Gasteiger partial charge is 0.0607 e. The Labute approximate surface area is 68.8 Å². The average Bonchev–Trinajstić information content (AvgIpc) is 2.01. The van der Waals surface area contributed by atoms with Crippen LogP contribution >= 0.6 is 0 Å². The highest BCUT2D eigenvalue weighted by atomic mass is 15.1. The van der Waals surface area contributed by atoms with Gasteiger partial charge in [-0.25, -0.2) is 0 Å². The Morgan fingerprint density at radius 2 is 1.73 bits per heavy atom. The highest BCUT2D eigenvalue weighted by Crippen LogP contribution is 1.87. The molecule has 0 heterocycles. The van der Waals surface area contributed by atoms with Crippen LogP contribution in [0, 0.1) is 24.7 Å². The first-order valence-electron chi connectivity index (χ1n) is 3.64. The fraction of sp³-hybridized carbons (Fsp3) is 0.556. The molecule has 11 heavy (non-hydrogen) atoms. The molecular formula is C9H14N2. The third-order valence-electron chi connectivity index (χ3n) is 1.31. The molecule has 0 atom stereocenters. The fourth-order valence-electron chi connectivity index (χ4n) is 0.787. The molecule has 0 radical (unpaired) electrons. The van der Waals surface area contributed by atoms with E-state index in [4.69, 9.17) is 18.6 Å². The van der Waals surface area contributed by atoms with Gasteiger partial charge in [0.05, 0.1) is 13.1 Å². The lowest BCUT2D eigenvalue weighted by molar-refractivity contribution is 0.342. The zero-order valence-corrected chi connectivity index (χ0v) is 6.71. The van der Waals surface area contributed by atoms with Gasteiger partial charge in [-0.15, -0.1) is 12.8 Å². The van der Waals surface area contributed by atoms with Crippen LogP contribution in [0.25, 0.3) is 0 Å². The molecule has 0 aromatic rings. The second-order valence-corrected chi connectivity index (χ2v) is 2.26. The molecule has 0 amide bonds. The minimum atomic E-state index is 0.615. The van der Waals surface area contributed by atoms with Crippen molar-refractivity contribution in [3.8, 4) is 24.7 Å². The Morgan fingerprint density at radius 1 is 1.18 bits per heavy atom. The SMILES string of the molecule is C#CCN(CC#C)CCCN. The first-order valence-corrected chi connectivity index (χ1v) is 3.64. The van der Waals surface area contributed by atoms with Crippen LogP contribution in [-0.4, -0.2) is 31.1 Å². The minimum absolute atomic E-state index is 0.615. The van der Waals surface area contributed by atoms with Crippen molar-refractivity contribution in [2.75, 3.05) is 26.2 Å². The molecule has 0 aliphatic heterocycles.